The Hall–Kier alpha value is -2.22. The van der Waals surface area contributed by atoms with E-state index in [9.17, 15) is 4.79 Å². The molecule has 0 fully saturated rings. The van der Waals surface area contributed by atoms with Crippen molar-refractivity contribution in [3.63, 3.8) is 0 Å². The van der Waals surface area contributed by atoms with Crippen LogP contribution in [0.4, 0.5) is 10.6 Å². The largest absolute Gasteiger partial charge is 0.444 e. The Morgan fingerprint density at radius 2 is 2.20 bits per heavy atom. The van der Waals surface area contributed by atoms with Gasteiger partial charge in [-0.05, 0) is 39.3 Å². The smallest absolute Gasteiger partial charge is 0.407 e. The van der Waals surface area contributed by atoms with Crippen molar-refractivity contribution in [3.8, 4) is 11.8 Å². The number of pyridine rings is 1. The van der Waals surface area contributed by atoms with Gasteiger partial charge in [0.15, 0.2) is 0 Å². The summed E-state index contributed by atoms with van der Waals surface area (Å²) in [6.45, 7) is 7.80. The summed E-state index contributed by atoms with van der Waals surface area (Å²) in [4.78, 5) is 15.4. The van der Waals surface area contributed by atoms with Crippen LogP contribution >= 0.6 is 0 Å². The molecule has 0 aromatic carbocycles. The molecule has 108 valence electrons. The molecule has 0 aliphatic rings. The van der Waals surface area contributed by atoms with Gasteiger partial charge in [0, 0.05) is 24.7 Å². The van der Waals surface area contributed by atoms with Crippen LogP contribution in [0, 0.1) is 18.8 Å². The van der Waals surface area contributed by atoms with Crippen molar-refractivity contribution in [1.82, 2.24) is 10.3 Å². The molecule has 1 aromatic heterocycles. The van der Waals surface area contributed by atoms with Crippen molar-refractivity contribution in [2.45, 2.75) is 39.7 Å². The molecular formula is C15H21N3O2. The maximum Gasteiger partial charge on any atom is 0.407 e. The zero-order chi connectivity index (χ0) is 15.2. The first-order chi connectivity index (χ1) is 9.28. The lowest BCUT2D eigenvalue weighted by Crippen LogP contribution is -2.32. The van der Waals surface area contributed by atoms with Gasteiger partial charge >= 0.3 is 6.09 Å². The molecule has 0 spiro atoms. The van der Waals surface area contributed by atoms with E-state index in [0.29, 0.717) is 18.8 Å². The number of nitrogens with two attached hydrogens (primary N) is 1. The van der Waals surface area contributed by atoms with E-state index in [1.54, 1.807) is 6.20 Å². The van der Waals surface area contributed by atoms with E-state index in [4.69, 9.17) is 10.5 Å². The summed E-state index contributed by atoms with van der Waals surface area (Å²) in [7, 11) is 0. The van der Waals surface area contributed by atoms with Crippen LogP contribution in [0.1, 0.15) is 38.3 Å². The van der Waals surface area contributed by atoms with Crippen LogP contribution in [0.25, 0.3) is 0 Å². The van der Waals surface area contributed by atoms with Gasteiger partial charge in [0.05, 0.1) is 0 Å². The highest BCUT2D eigenvalue weighted by Crippen LogP contribution is 2.08. The topological polar surface area (TPSA) is 77.2 Å². The first kappa shape index (κ1) is 15.8. The molecule has 1 aromatic rings. The molecule has 0 aliphatic carbocycles. The van der Waals surface area contributed by atoms with Crippen molar-refractivity contribution in [2.24, 2.45) is 0 Å². The number of rotatable bonds is 2. The van der Waals surface area contributed by atoms with Crippen LogP contribution in [0.5, 0.6) is 0 Å². The number of nitrogen functional groups attached to an aromatic ring is 1. The maximum atomic E-state index is 11.4. The van der Waals surface area contributed by atoms with Gasteiger partial charge in [0.25, 0.3) is 0 Å². The Morgan fingerprint density at radius 3 is 2.80 bits per heavy atom. The predicted octanol–water partition coefficient (Wildman–Crippen LogP) is 2.24. The Kier molecular flexibility index (Phi) is 5.39. The summed E-state index contributed by atoms with van der Waals surface area (Å²) in [6.07, 6.45) is 1.75. The van der Waals surface area contributed by atoms with Gasteiger partial charge in [-0.25, -0.2) is 9.78 Å². The molecule has 5 nitrogen and oxygen atoms in total. The zero-order valence-corrected chi connectivity index (χ0v) is 12.4. The van der Waals surface area contributed by atoms with Crippen LogP contribution in [-0.2, 0) is 4.74 Å². The Bertz CT molecular complexity index is 536. The highest BCUT2D eigenvalue weighted by molar-refractivity contribution is 5.67. The van der Waals surface area contributed by atoms with E-state index in [1.165, 1.54) is 0 Å². The van der Waals surface area contributed by atoms with Gasteiger partial charge in [-0.3, -0.25) is 0 Å². The van der Waals surface area contributed by atoms with Crippen molar-refractivity contribution >= 4 is 11.9 Å². The Labute approximate surface area is 119 Å². The molecule has 20 heavy (non-hydrogen) atoms. The number of nitrogens with zero attached hydrogens (tertiary/aromatic N) is 1. The molecule has 3 N–H and O–H groups in total. The van der Waals surface area contributed by atoms with Crippen LogP contribution in [0.15, 0.2) is 12.3 Å². The number of aryl methyl sites for hydroxylation is 1. The molecule has 1 rings (SSSR count). The van der Waals surface area contributed by atoms with E-state index < -0.39 is 11.7 Å². The minimum atomic E-state index is -0.483. The third-order valence-electron chi connectivity index (χ3n) is 2.27. The highest BCUT2D eigenvalue weighted by Gasteiger charge is 2.15. The summed E-state index contributed by atoms with van der Waals surface area (Å²) in [5, 5.41) is 2.65. The third-order valence-corrected chi connectivity index (χ3v) is 2.27. The van der Waals surface area contributed by atoms with Gasteiger partial charge < -0.3 is 15.8 Å². The molecule has 0 unspecified atom stereocenters. The molecule has 1 amide bonds. The first-order valence-electron chi connectivity index (χ1n) is 6.46. The average molecular weight is 275 g/mol. The van der Waals surface area contributed by atoms with Crippen molar-refractivity contribution in [1.29, 1.82) is 0 Å². The number of aromatic nitrogens is 1. The molecule has 0 saturated carbocycles. The lowest BCUT2D eigenvalue weighted by atomic mass is 10.2. The van der Waals surface area contributed by atoms with Crippen LogP contribution in [0.3, 0.4) is 0 Å². The van der Waals surface area contributed by atoms with Gasteiger partial charge in [0.2, 0.25) is 0 Å². The fraction of sp³-hybridized carbons (Fsp3) is 0.467. The normalized spacial score (nSPS) is 10.4. The SMILES string of the molecule is Cc1cc(C#CCCNC(=O)OC(C)(C)C)cnc1N. The number of carbonyl (C=O) groups is 1. The van der Waals surface area contributed by atoms with Crippen molar-refractivity contribution < 1.29 is 9.53 Å². The lowest BCUT2D eigenvalue weighted by molar-refractivity contribution is 0.0529. The predicted molar refractivity (Wildman–Crippen MR) is 79.1 cm³/mol. The molecule has 0 bridgehead atoms. The zero-order valence-electron chi connectivity index (χ0n) is 12.4. The van der Waals surface area contributed by atoms with Crippen LogP contribution < -0.4 is 11.1 Å². The maximum absolute atomic E-state index is 11.4. The fourth-order valence-electron chi connectivity index (χ4n) is 1.36. The van der Waals surface area contributed by atoms with Crippen molar-refractivity contribution in [3.05, 3.63) is 23.4 Å². The van der Waals surface area contributed by atoms with Crippen LogP contribution in [0.2, 0.25) is 0 Å². The van der Waals surface area contributed by atoms with E-state index in [0.717, 1.165) is 11.1 Å². The van der Waals surface area contributed by atoms with Crippen LogP contribution in [-0.4, -0.2) is 23.2 Å². The molecule has 1 heterocycles. The average Bonchev–Trinajstić information content (AvgIpc) is 2.31. The number of hydrogen-bond acceptors (Lipinski definition) is 4. The quantitative estimate of drug-likeness (QED) is 0.641. The lowest BCUT2D eigenvalue weighted by Gasteiger charge is -2.19. The summed E-state index contributed by atoms with van der Waals surface area (Å²) >= 11 is 0. The van der Waals surface area contributed by atoms with E-state index in [-0.39, 0.29) is 0 Å². The molecule has 5 heteroatoms. The van der Waals surface area contributed by atoms with E-state index in [1.807, 2.05) is 33.8 Å². The number of hydrogen-bond donors (Lipinski definition) is 2. The Balaban J connectivity index is 2.36. The second-order valence-electron chi connectivity index (χ2n) is 5.41. The number of nitrogens with one attached hydrogen (secondary N) is 1. The molecule has 0 aliphatic heterocycles. The van der Waals surface area contributed by atoms with E-state index in [2.05, 4.69) is 22.1 Å². The standard InChI is InChI=1S/C15H21N3O2/c1-11-9-12(10-18-13(11)16)7-5-6-8-17-14(19)20-15(2,3)4/h9-10H,6,8H2,1-4H3,(H2,16,18)(H,17,19). The number of carbonyl (C=O) groups excluding carboxylic acids is 1. The monoisotopic (exact) mass is 275 g/mol. The fourth-order valence-corrected chi connectivity index (χ4v) is 1.36. The molecule has 0 atom stereocenters. The minimum absolute atomic E-state index is 0.427. The summed E-state index contributed by atoms with van der Waals surface area (Å²) in [5.74, 6) is 6.46. The van der Waals surface area contributed by atoms with Gasteiger partial charge in [-0.2, -0.15) is 0 Å². The van der Waals surface area contributed by atoms with Crippen molar-refractivity contribution in [2.75, 3.05) is 12.3 Å². The molecule has 0 saturated heterocycles. The van der Waals surface area contributed by atoms with Gasteiger partial charge in [-0.1, -0.05) is 11.8 Å². The summed E-state index contributed by atoms with van der Waals surface area (Å²) in [5.41, 5.74) is 6.86. The highest BCUT2D eigenvalue weighted by atomic mass is 16.6. The van der Waals surface area contributed by atoms with E-state index >= 15 is 0 Å². The number of amides is 1. The third kappa shape index (κ3) is 6.10. The van der Waals surface area contributed by atoms with Gasteiger partial charge in [-0.15, -0.1) is 0 Å². The molecule has 0 radical (unpaired) electrons. The Morgan fingerprint density at radius 1 is 1.50 bits per heavy atom. The molecular weight excluding hydrogens is 254 g/mol. The summed E-state index contributed by atoms with van der Waals surface area (Å²) < 4.78 is 5.11. The number of ether oxygens (including phenoxy) is 1. The first-order valence-corrected chi connectivity index (χ1v) is 6.46. The van der Waals surface area contributed by atoms with Gasteiger partial charge in [0.1, 0.15) is 11.4 Å². The summed E-state index contributed by atoms with van der Waals surface area (Å²) in [6, 6.07) is 1.89. The second kappa shape index (κ2) is 6.80. The second-order valence-corrected chi connectivity index (χ2v) is 5.41. The number of alkyl carbamates (subject to hydrolysis) is 1. The minimum Gasteiger partial charge on any atom is -0.444 e. The number of anilines is 1.